The molecule has 0 radical (unpaired) electrons. The van der Waals surface area contributed by atoms with Crippen molar-refractivity contribution in [3.05, 3.63) is 89.6 Å². The molecule has 4 rings (SSSR count). The number of nitrogens with one attached hydrogen (secondary N) is 1. The number of hydrogen-bond acceptors (Lipinski definition) is 2. The third-order valence-electron chi connectivity index (χ3n) is 4.94. The molecule has 27 heavy (non-hydrogen) atoms. The Morgan fingerprint density at radius 2 is 1.70 bits per heavy atom. The second kappa shape index (κ2) is 7.12. The van der Waals surface area contributed by atoms with Crippen molar-refractivity contribution in [1.29, 1.82) is 0 Å². The van der Waals surface area contributed by atoms with Gasteiger partial charge in [0.15, 0.2) is 0 Å². The highest BCUT2D eigenvalue weighted by Crippen LogP contribution is 2.34. The van der Waals surface area contributed by atoms with Gasteiger partial charge in [0.25, 0.3) is 0 Å². The Bertz CT molecular complexity index is 1060. The molecule has 3 heteroatoms. The number of aliphatic carboxylic acids is 1. The molecule has 0 saturated heterocycles. The van der Waals surface area contributed by atoms with Crippen molar-refractivity contribution in [3.63, 3.8) is 0 Å². The zero-order chi connectivity index (χ0) is 18.8. The molecular weight excluding hydrogens is 334 g/mol. The monoisotopic (exact) mass is 355 g/mol. The number of anilines is 1. The highest BCUT2D eigenvalue weighted by molar-refractivity contribution is 5.94. The van der Waals surface area contributed by atoms with Gasteiger partial charge in [-0.2, -0.15) is 0 Å². The lowest BCUT2D eigenvalue weighted by Gasteiger charge is -2.10. The number of carboxylic acids is 1. The molecule has 1 aliphatic rings. The van der Waals surface area contributed by atoms with Crippen molar-refractivity contribution < 1.29 is 9.90 Å². The molecule has 3 nitrogen and oxygen atoms in total. The summed E-state index contributed by atoms with van der Waals surface area (Å²) in [7, 11) is 0. The molecule has 0 aliphatic heterocycles. The fourth-order valence-electron chi connectivity index (χ4n) is 3.51. The largest absolute Gasteiger partial charge is 0.481 e. The predicted molar refractivity (Wildman–Crippen MR) is 112 cm³/mol. The van der Waals surface area contributed by atoms with Gasteiger partial charge in [0, 0.05) is 11.4 Å². The molecular formula is C24H21NO2. The molecule has 3 aromatic carbocycles. The lowest BCUT2D eigenvalue weighted by Crippen LogP contribution is -2.02. The first-order chi connectivity index (χ1) is 13.1. The minimum absolute atomic E-state index is 0.0867. The van der Waals surface area contributed by atoms with E-state index in [2.05, 4.69) is 66.5 Å². The van der Waals surface area contributed by atoms with Gasteiger partial charge < -0.3 is 10.4 Å². The van der Waals surface area contributed by atoms with Crippen molar-refractivity contribution in [2.75, 3.05) is 5.32 Å². The highest BCUT2D eigenvalue weighted by Gasteiger charge is 2.15. The number of benzene rings is 3. The SMILES string of the molecule is C=C(CCC(=O)O)Nc1ccc(C2=Cc3cc4ccccc4cc3C2)cc1. The first kappa shape index (κ1) is 17.1. The van der Waals surface area contributed by atoms with Gasteiger partial charge in [0.05, 0.1) is 6.42 Å². The Hall–Kier alpha value is -3.33. The molecule has 134 valence electrons. The van der Waals surface area contributed by atoms with Crippen molar-refractivity contribution in [2.24, 2.45) is 0 Å². The van der Waals surface area contributed by atoms with Crippen LogP contribution >= 0.6 is 0 Å². The van der Waals surface area contributed by atoms with Crippen LogP contribution in [-0.4, -0.2) is 11.1 Å². The van der Waals surface area contributed by atoms with E-state index >= 15 is 0 Å². The Morgan fingerprint density at radius 1 is 1.00 bits per heavy atom. The maximum absolute atomic E-state index is 10.6. The third kappa shape index (κ3) is 3.77. The van der Waals surface area contributed by atoms with Crippen LogP contribution in [0, 0.1) is 0 Å². The summed E-state index contributed by atoms with van der Waals surface area (Å²) in [5.41, 5.74) is 6.83. The van der Waals surface area contributed by atoms with Crippen LogP contribution < -0.4 is 5.32 Å². The van der Waals surface area contributed by atoms with Crippen LogP contribution in [0.4, 0.5) is 5.69 Å². The molecule has 0 spiro atoms. The maximum Gasteiger partial charge on any atom is 0.303 e. The van der Waals surface area contributed by atoms with Gasteiger partial charge in [-0.15, -0.1) is 0 Å². The topological polar surface area (TPSA) is 49.3 Å². The molecule has 0 saturated carbocycles. The van der Waals surface area contributed by atoms with Gasteiger partial charge >= 0.3 is 5.97 Å². The van der Waals surface area contributed by atoms with E-state index in [1.807, 2.05) is 12.1 Å². The first-order valence-electron chi connectivity index (χ1n) is 9.08. The predicted octanol–water partition coefficient (Wildman–Crippen LogP) is 5.73. The Balaban J connectivity index is 1.48. The average molecular weight is 355 g/mol. The van der Waals surface area contributed by atoms with Crippen LogP contribution in [0.3, 0.4) is 0 Å². The van der Waals surface area contributed by atoms with E-state index in [4.69, 9.17) is 5.11 Å². The van der Waals surface area contributed by atoms with E-state index in [1.54, 1.807) is 0 Å². The Morgan fingerprint density at radius 3 is 2.41 bits per heavy atom. The van der Waals surface area contributed by atoms with E-state index in [0.29, 0.717) is 12.1 Å². The number of fused-ring (bicyclic) bond motifs is 2. The number of hydrogen-bond donors (Lipinski definition) is 2. The van der Waals surface area contributed by atoms with Gasteiger partial charge in [-0.3, -0.25) is 4.79 Å². The Labute approximate surface area is 158 Å². The van der Waals surface area contributed by atoms with E-state index in [-0.39, 0.29) is 6.42 Å². The lowest BCUT2D eigenvalue weighted by atomic mass is 10.0. The second-order valence-corrected chi connectivity index (χ2v) is 6.94. The summed E-state index contributed by atoms with van der Waals surface area (Å²) in [6, 6.07) is 21.2. The Kier molecular flexibility index (Phi) is 4.51. The summed E-state index contributed by atoms with van der Waals surface area (Å²) in [5, 5.41) is 14.5. The average Bonchev–Trinajstić information content (AvgIpc) is 3.08. The smallest absolute Gasteiger partial charge is 0.303 e. The van der Waals surface area contributed by atoms with Crippen molar-refractivity contribution in [3.8, 4) is 0 Å². The van der Waals surface area contributed by atoms with Crippen LogP contribution in [0.5, 0.6) is 0 Å². The molecule has 0 fully saturated rings. The van der Waals surface area contributed by atoms with Gasteiger partial charge in [-0.1, -0.05) is 55.1 Å². The first-order valence-corrected chi connectivity index (χ1v) is 9.08. The van der Waals surface area contributed by atoms with Crippen molar-refractivity contribution >= 4 is 34.1 Å². The summed E-state index contributed by atoms with van der Waals surface area (Å²) in [5.74, 6) is -0.811. The molecule has 0 bridgehead atoms. The molecule has 0 heterocycles. The number of rotatable bonds is 6. The van der Waals surface area contributed by atoms with Crippen LogP contribution in [0.15, 0.2) is 72.9 Å². The van der Waals surface area contributed by atoms with Gasteiger partial charge in [0.1, 0.15) is 0 Å². The zero-order valence-electron chi connectivity index (χ0n) is 15.0. The fraction of sp³-hybridized carbons (Fsp3) is 0.125. The minimum atomic E-state index is -0.811. The summed E-state index contributed by atoms with van der Waals surface area (Å²) in [6.07, 6.45) is 3.72. The van der Waals surface area contributed by atoms with E-state index in [1.165, 1.54) is 33.0 Å². The van der Waals surface area contributed by atoms with Gasteiger partial charge in [0.2, 0.25) is 0 Å². The number of allylic oxidation sites excluding steroid dienone is 2. The van der Waals surface area contributed by atoms with Crippen LogP contribution in [0.2, 0.25) is 0 Å². The van der Waals surface area contributed by atoms with E-state index in [0.717, 1.165) is 12.1 Å². The molecule has 3 aromatic rings. The molecule has 0 amide bonds. The summed E-state index contributed by atoms with van der Waals surface area (Å²) in [4.78, 5) is 10.6. The van der Waals surface area contributed by atoms with Gasteiger partial charge in [-0.05, 0) is 64.1 Å². The second-order valence-electron chi connectivity index (χ2n) is 6.94. The third-order valence-corrected chi connectivity index (χ3v) is 4.94. The molecule has 0 unspecified atom stereocenters. The van der Waals surface area contributed by atoms with E-state index in [9.17, 15) is 4.79 Å². The van der Waals surface area contributed by atoms with E-state index < -0.39 is 5.97 Å². The maximum atomic E-state index is 10.6. The van der Waals surface area contributed by atoms with Crippen molar-refractivity contribution in [2.45, 2.75) is 19.3 Å². The summed E-state index contributed by atoms with van der Waals surface area (Å²) >= 11 is 0. The minimum Gasteiger partial charge on any atom is -0.481 e. The fourth-order valence-corrected chi connectivity index (χ4v) is 3.51. The molecule has 2 N–H and O–H groups in total. The van der Waals surface area contributed by atoms with Crippen molar-refractivity contribution in [1.82, 2.24) is 0 Å². The number of carboxylic acid groups (broad SMARTS) is 1. The standard InChI is InChI=1S/C24H21NO2/c1-16(6-11-24(26)27)25-23-9-7-17(8-10-23)20-14-21-12-18-4-2-3-5-19(18)13-22(21)15-20/h2-5,7-10,12-14,25H,1,6,11,15H2,(H,26,27). The quantitative estimate of drug-likeness (QED) is 0.594. The molecule has 1 aliphatic carbocycles. The van der Waals surface area contributed by atoms with Gasteiger partial charge in [-0.25, -0.2) is 0 Å². The van der Waals surface area contributed by atoms with Crippen LogP contribution in [-0.2, 0) is 11.2 Å². The summed E-state index contributed by atoms with van der Waals surface area (Å²) in [6.45, 7) is 3.89. The lowest BCUT2D eigenvalue weighted by molar-refractivity contribution is -0.136. The normalized spacial score (nSPS) is 12.5. The summed E-state index contributed by atoms with van der Waals surface area (Å²) < 4.78 is 0. The van der Waals surface area contributed by atoms with Crippen LogP contribution in [0.25, 0.3) is 22.4 Å². The molecule has 0 aromatic heterocycles. The highest BCUT2D eigenvalue weighted by atomic mass is 16.4. The van der Waals surface area contributed by atoms with Crippen LogP contribution in [0.1, 0.15) is 29.5 Å². The number of carbonyl (C=O) groups is 1. The zero-order valence-corrected chi connectivity index (χ0v) is 15.0. The molecule has 0 atom stereocenters.